The van der Waals surface area contributed by atoms with Crippen molar-refractivity contribution in [2.45, 2.75) is 64.0 Å². The first-order valence-electron chi connectivity index (χ1n) is 8.84. The van der Waals surface area contributed by atoms with Gasteiger partial charge in [0.05, 0.1) is 0 Å². The van der Waals surface area contributed by atoms with Crippen LogP contribution in [0.1, 0.15) is 52.4 Å². The van der Waals surface area contributed by atoms with Gasteiger partial charge in [-0.1, -0.05) is 26.7 Å². The number of nitrogens with two attached hydrogens (primary N) is 1. The molecule has 0 aromatic carbocycles. The lowest BCUT2D eigenvalue weighted by Crippen LogP contribution is -2.63. The largest absolute Gasteiger partial charge is 0.329 e. The van der Waals surface area contributed by atoms with Crippen LogP contribution in [-0.2, 0) is 0 Å². The third-order valence-corrected chi connectivity index (χ3v) is 6.44. The van der Waals surface area contributed by atoms with E-state index in [4.69, 9.17) is 5.73 Å². The van der Waals surface area contributed by atoms with Gasteiger partial charge in [0.2, 0.25) is 0 Å². The second-order valence-electron chi connectivity index (χ2n) is 7.81. The third kappa shape index (κ3) is 2.65. The van der Waals surface area contributed by atoms with Crippen molar-refractivity contribution in [2.75, 3.05) is 32.7 Å². The summed E-state index contributed by atoms with van der Waals surface area (Å²) in [6.45, 7) is 10.8. The summed E-state index contributed by atoms with van der Waals surface area (Å²) in [5.41, 5.74) is 6.63. The van der Waals surface area contributed by atoms with Crippen LogP contribution < -0.4 is 5.73 Å². The Labute approximate surface area is 124 Å². The maximum Gasteiger partial charge on any atom is 0.0335 e. The van der Waals surface area contributed by atoms with E-state index < -0.39 is 0 Å². The molecule has 3 fully saturated rings. The van der Waals surface area contributed by atoms with Crippen LogP contribution in [0.2, 0.25) is 0 Å². The molecule has 0 radical (unpaired) electrons. The predicted molar refractivity (Wildman–Crippen MR) is 84.7 cm³/mol. The van der Waals surface area contributed by atoms with Gasteiger partial charge >= 0.3 is 0 Å². The number of rotatable bonds is 3. The van der Waals surface area contributed by atoms with E-state index in [2.05, 4.69) is 23.6 Å². The Balaban J connectivity index is 1.71. The van der Waals surface area contributed by atoms with E-state index in [0.717, 1.165) is 24.4 Å². The van der Waals surface area contributed by atoms with Gasteiger partial charge in [-0.2, -0.15) is 0 Å². The molecule has 2 saturated heterocycles. The molecule has 0 aromatic heterocycles. The lowest BCUT2D eigenvalue weighted by atomic mass is 9.70. The summed E-state index contributed by atoms with van der Waals surface area (Å²) in [6.07, 6.45) is 8.29. The minimum absolute atomic E-state index is 0.321. The van der Waals surface area contributed by atoms with E-state index in [1.54, 1.807) is 0 Å². The van der Waals surface area contributed by atoms with Crippen molar-refractivity contribution < 1.29 is 0 Å². The fraction of sp³-hybridized carbons (Fsp3) is 1.00. The van der Waals surface area contributed by atoms with Crippen molar-refractivity contribution in [1.29, 1.82) is 0 Å². The maximum atomic E-state index is 6.31. The zero-order valence-corrected chi connectivity index (χ0v) is 13.5. The first-order chi connectivity index (χ1) is 9.64. The molecule has 0 amide bonds. The van der Waals surface area contributed by atoms with Crippen LogP contribution in [-0.4, -0.2) is 54.1 Å². The summed E-state index contributed by atoms with van der Waals surface area (Å²) >= 11 is 0. The van der Waals surface area contributed by atoms with E-state index in [0.29, 0.717) is 5.54 Å². The molecule has 0 bridgehead atoms. The van der Waals surface area contributed by atoms with Gasteiger partial charge in [0.1, 0.15) is 0 Å². The molecule has 0 spiro atoms. The van der Waals surface area contributed by atoms with Crippen LogP contribution in [0.15, 0.2) is 0 Å². The Morgan fingerprint density at radius 3 is 2.75 bits per heavy atom. The highest BCUT2D eigenvalue weighted by Crippen LogP contribution is 2.41. The van der Waals surface area contributed by atoms with Gasteiger partial charge in [-0.05, 0) is 44.1 Å². The Kier molecular flexibility index (Phi) is 4.40. The highest BCUT2D eigenvalue weighted by Gasteiger charge is 2.44. The van der Waals surface area contributed by atoms with Gasteiger partial charge in [-0.3, -0.25) is 9.80 Å². The quantitative estimate of drug-likeness (QED) is 0.860. The standard InChI is InChI=1S/C17H33N3/c1-14(2)15-5-3-7-17(11-15,13-18)20-10-9-19-8-4-6-16(19)12-20/h14-16H,3-13,18H2,1-2H3. The topological polar surface area (TPSA) is 32.5 Å². The first kappa shape index (κ1) is 14.8. The molecule has 3 aliphatic rings. The molecule has 1 saturated carbocycles. The zero-order valence-electron chi connectivity index (χ0n) is 13.5. The molecular formula is C17H33N3. The summed E-state index contributed by atoms with van der Waals surface area (Å²) in [4.78, 5) is 5.51. The average Bonchev–Trinajstić information content (AvgIpc) is 2.94. The number of fused-ring (bicyclic) bond motifs is 1. The molecule has 2 aliphatic heterocycles. The minimum Gasteiger partial charge on any atom is -0.329 e. The van der Waals surface area contributed by atoms with Gasteiger partial charge in [0.15, 0.2) is 0 Å². The molecule has 1 aliphatic carbocycles. The highest BCUT2D eigenvalue weighted by atomic mass is 15.3. The Bertz CT molecular complexity index is 330. The lowest BCUT2D eigenvalue weighted by molar-refractivity contribution is -0.0202. The third-order valence-electron chi connectivity index (χ3n) is 6.44. The smallest absolute Gasteiger partial charge is 0.0335 e. The van der Waals surface area contributed by atoms with Crippen LogP contribution >= 0.6 is 0 Å². The van der Waals surface area contributed by atoms with E-state index in [-0.39, 0.29) is 0 Å². The summed E-state index contributed by atoms with van der Waals surface area (Å²) in [6, 6.07) is 0.826. The molecule has 3 rings (SSSR count). The summed E-state index contributed by atoms with van der Waals surface area (Å²) in [5, 5.41) is 0. The van der Waals surface area contributed by atoms with Crippen molar-refractivity contribution in [2.24, 2.45) is 17.6 Å². The molecule has 3 unspecified atom stereocenters. The Hall–Kier alpha value is -0.120. The Morgan fingerprint density at radius 1 is 1.15 bits per heavy atom. The number of piperazine rings is 1. The normalized spacial score (nSPS) is 40.2. The summed E-state index contributed by atoms with van der Waals surface area (Å²) in [5.74, 6) is 1.70. The molecule has 0 aromatic rings. The van der Waals surface area contributed by atoms with Crippen LogP contribution in [0.4, 0.5) is 0 Å². The van der Waals surface area contributed by atoms with Crippen molar-refractivity contribution in [3.05, 3.63) is 0 Å². The van der Waals surface area contributed by atoms with Crippen molar-refractivity contribution in [3.8, 4) is 0 Å². The van der Waals surface area contributed by atoms with Crippen molar-refractivity contribution >= 4 is 0 Å². The molecule has 116 valence electrons. The number of hydrogen-bond acceptors (Lipinski definition) is 3. The fourth-order valence-electron chi connectivity index (χ4n) is 4.98. The van der Waals surface area contributed by atoms with Gasteiger partial charge in [-0.15, -0.1) is 0 Å². The van der Waals surface area contributed by atoms with Crippen molar-refractivity contribution in [1.82, 2.24) is 9.80 Å². The van der Waals surface area contributed by atoms with Crippen molar-refractivity contribution in [3.63, 3.8) is 0 Å². The number of nitrogens with zero attached hydrogens (tertiary/aromatic N) is 2. The lowest BCUT2D eigenvalue weighted by Gasteiger charge is -2.52. The molecule has 3 nitrogen and oxygen atoms in total. The molecule has 3 heteroatoms. The summed E-state index contributed by atoms with van der Waals surface area (Å²) in [7, 11) is 0. The highest BCUT2D eigenvalue weighted by molar-refractivity contribution is 5.01. The molecular weight excluding hydrogens is 246 g/mol. The zero-order chi connectivity index (χ0) is 14.2. The maximum absolute atomic E-state index is 6.31. The average molecular weight is 279 g/mol. The van der Waals surface area contributed by atoms with Crippen LogP contribution in [0.25, 0.3) is 0 Å². The fourth-order valence-corrected chi connectivity index (χ4v) is 4.98. The second kappa shape index (κ2) is 5.94. The van der Waals surface area contributed by atoms with Crippen LogP contribution in [0.5, 0.6) is 0 Å². The predicted octanol–water partition coefficient (Wildman–Crippen LogP) is 2.31. The minimum atomic E-state index is 0.321. The van der Waals surface area contributed by atoms with E-state index in [9.17, 15) is 0 Å². The Morgan fingerprint density at radius 2 is 2.00 bits per heavy atom. The molecule has 20 heavy (non-hydrogen) atoms. The van der Waals surface area contributed by atoms with E-state index >= 15 is 0 Å². The van der Waals surface area contributed by atoms with Gasteiger partial charge in [0, 0.05) is 37.8 Å². The number of hydrogen-bond donors (Lipinski definition) is 1. The first-order valence-corrected chi connectivity index (χ1v) is 8.84. The van der Waals surface area contributed by atoms with Gasteiger partial charge in [0.25, 0.3) is 0 Å². The molecule has 2 N–H and O–H groups in total. The van der Waals surface area contributed by atoms with Crippen LogP contribution in [0.3, 0.4) is 0 Å². The SMILES string of the molecule is CC(C)C1CCCC(CN)(N2CCN3CCCC3C2)C1. The van der Waals surface area contributed by atoms with Gasteiger partial charge < -0.3 is 5.73 Å². The van der Waals surface area contributed by atoms with E-state index in [1.807, 2.05) is 0 Å². The summed E-state index contributed by atoms with van der Waals surface area (Å²) < 4.78 is 0. The molecule has 2 heterocycles. The monoisotopic (exact) mass is 279 g/mol. The van der Waals surface area contributed by atoms with E-state index in [1.165, 1.54) is 64.7 Å². The second-order valence-corrected chi connectivity index (χ2v) is 7.81. The van der Waals surface area contributed by atoms with Gasteiger partial charge in [-0.25, -0.2) is 0 Å². The molecule has 3 atom stereocenters. The van der Waals surface area contributed by atoms with Crippen LogP contribution in [0, 0.1) is 11.8 Å².